The van der Waals surface area contributed by atoms with Gasteiger partial charge in [0.25, 0.3) is 0 Å². The van der Waals surface area contributed by atoms with Crippen molar-refractivity contribution in [3.05, 3.63) is 41.6 Å². The van der Waals surface area contributed by atoms with E-state index < -0.39 is 16.1 Å². The number of anilines is 1. The summed E-state index contributed by atoms with van der Waals surface area (Å²) in [6.45, 7) is 1.48. The van der Waals surface area contributed by atoms with Crippen molar-refractivity contribution in [2.45, 2.75) is 17.9 Å². The second-order valence-electron chi connectivity index (χ2n) is 4.70. The van der Waals surface area contributed by atoms with Gasteiger partial charge in [0.15, 0.2) is 5.82 Å². The predicted molar refractivity (Wildman–Crippen MR) is 78.9 cm³/mol. The van der Waals surface area contributed by atoms with E-state index >= 15 is 0 Å². The van der Waals surface area contributed by atoms with E-state index in [9.17, 15) is 13.5 Å². The Morgan fingerprint density at radius 3 is 2.52 bits per heavy atom. The van der Waals surface area contributed by atoms with Crippen LogP contribution in [-0.4, -0.2) is 29.8 Å². The van der Waals surface area contributed by atoms with Gasteiger partial charge in [-0.2, -0.15) is 5.10 Å². The Bertz CT molecular complexity index is 725. The number of nitrogens with zero attached hydrogens (tertiary/aromatic N) is 2. The molecule has 0 spiro atoms. The molecule has 0 fully saturated rings. The Morgan fingerprint density at radius 2 is 2.00 bits per heavy atom. The summed E-state index contributed by atoms with van der Waals surface area (Å²) in [7, 11) is -2.21. The third kappa shape index (κ3) is 3.23. The van der Waals surface area contributed by atoms with Gasteiger partial charge in [0, 0.05) is 13.6 Å². The van der Waals surface area contributed by atoms with E-state index in [0.29, 0.717) is 11.3 Å². The van der Waals surface area contributed by atoms with Gasteiger partial charge < -0.3 is 10.8 Å². The van der Waals surface area contributed by atoms with Gasteiger partial charge in [0.2, 0.25) is 10.0 Å². The first kappa shape index (κ1) is 15.5. The Kier molecular flexibility index (Phi) is 4.31. The number of nitrogens with one attached hydrogen (secondary N) is 1. The molecule has 0 bridgehead atoms. The van der Waals surface area contributed by atoms with Crippen LogP contribution in [0.5, 0.6) is 0 Å². The molecule has 114 valence electrons. The molecule has 1 heterocycles. The van der Waals surface area contributed by atoms with E-state index in [-0.39, 0.29) is 17.3 Å². The molecule has 2 rings (SSSR count). The van der Waals surface area contributed by atoms with E-state index in [1.54, 1.807) is 38.2 Å². The van der Waals surface area contributed by atoms with Crippen molar-refractivity contribution < 1.29 is 13.5 Å². The molecule has 1 aromatic carbocycles. The van der Waals surface area contributed by atoms with Gasteiger partial charge in [-0.1, -0.05) is 30.3 Å². The summed E-state index contributed by atoms with van der Waals surface area (Å²) in [5.74, 6) is -0.0586. The van der Waals surface area contributed by atoms with E-state index in [1.807, 2.05) is 6.07 Å². The number of hydrogen-bond acceptors (Lipinski definition) is 5. The first-order chi connectivity index (χ1) is 9.83. The molecule has 0 saturated heterocycles. The number of hydrogen-bond donors (Lipinski definition) is 3. The average Bonchev–Trinajstić information content (AvgIpc) is 2.71. The Balaban J connectivity index is 2.15. The summed E-state index contributed by atoms with van der Waals surface area (Å²) in [5, 5.41) is 13.9. The quantitative estimate of drug-likeness (QED) is 0.737. The molecule has 2 aromatic rings. The largest absolute Gasteiger partial charge is 0.387 e. The molecule has 1 unspecified atom stereocenters. The number of aliphatic hydroxyl groups excluding tert-OH is 1. The summed E-state index contributed by atoms with van der Waals surface area (Å²) >= 11 is 0. The lowest BCUT2D eigenvalue weighted by Gasteiger charge is -2.12. The van der Waals surface area contributed by atoms with Crippen LogP contribution in [-0.2, 0) is 17.1 Å². The zero-order valence-electron chi connectivity index (χ0n) is 11.8. The fourth-order valence-corrected chi connectivity index (χ4v) is 3.36. The van der Waals surface area contributed by atoms with Crippen LogP contribution in [0.25, 0.3) is 0 Å². The number of aryl methyl sites for hydroxylation is 1. The van der Waals surface area contributed by atoms with Gasteiger partial charge in [-0.3, -0.25) is 4.68 Å². The second kappa shape index (κ2) is 5.84. The lowest BCUT2D eigenvalue weighted by Crippen LogP contribution is -2.29. The maximum Gasteiger partial charge on any atom is 0.246 e. The van der Waals surface area contributed by atoms with Crippen LogP contribution in [0.4, 0.5) is 5.82 Å². The summed E-state index contributed by atoms with van der Waals surface area (Å²) < 4.78 is 28.3. The van der Waals surface area contributed by atoms with Gasteiger partial charge in [-0.25, -0.2) is 13.1 Å². The standard InChI is InChI=1S/C13H18N4O3S/c1-9-12(13(14)16-17(9)2)21(19,20)15-8-11(18)10-6-4-3-5-7-10/h3-7,11,15,18H,8H2,1-2H3,(H2,14,16). The zero-order chi connectivity index (χ0) is 15.6. The van der Waals surface area contributed by atoms with E-state index in [2.05, 4.69) is 9.82 Å². The molecule has 1 atom stereocenters. The second-order valence-corrected chi connectivity index (χ2v) is 6.41. The molecular weight excluding hydrogens is 292 g/mol. The molecule has 21 heavy (non-hydrogen) atoms. The maximum absolute atomic E-state index is 12.3. The van der Waals surface area contributed by atoms with Crippen molar-refractivity contribution in [3.8, 4) is 0 Å². The molecular formula is C13H18N4O3S. The van der Waals surface area contributed by atoms with Crippen LogP contribution in [0, 0.1) is 6.92 Å². The highest BCUT2D eigenvalue weighted by molar-refractivity contribution is 7.89. The van der Waals surface area contributed by atoms with E-state index in [4.69, 9.17) is 5.73 Å². The molecule has 8 heteroatoms. The summed E-state index contributed by atoms with van der Waals surface area (Å²) in [6.07, 6.45) is -0.931. The normalized spacial score (nSPS) is 13.3. The molecule has 0 aliphatic carbocycles. The highest BCUT2D eigenvalue weighted by Crippen LogP contribution is 2.21. The summed E-state index contributed by atoms with van der Waals surface area (Å²) in [4.78, 5) is -0.0507. The zero-order valence-corrected chi connectivity index (χ0v) is 12.6. The Labute approximate surface area is 123 Å². The molecule has 0 amide bonds. The van der Waals surface area contributed by atoms with Crippen LogP contribution in [0.1, 0.15) is 17.4 Å². The molecule has 0 aliphatic heterocycles. The number of nitrogen functional groups attached to an aromatic ring is 1. The minimum atomic E-state index is -3.82. The van der Waals surface area contributed by atoms with Crippen LogP contribution >= 0.6 is 0 Å². The number of aliphatic hydroxyl groups is 1. The maximum atomic E-state index is 12.3. The molecule has 0 radical (unpaired) electrons. The smallest absolute Gasteiger partial charge is 0.246 e. The topological polar surface area (TPSA) is 110 Å². The summed E-state index contributed by atoms with van der Waals surface area (Å²) in [6, 6.07) is 8.82. The molecule has 1 aromatic heterocycles. The van der Waals surface area contributed by atoms with Crippen LogP contribution in [0.3, 0.4) is 0 Å². The van der Waals surface area contributed by atoms with Gasteiger partial charge in [-0.15, -0.1) is 0 Å². The van der Waals surface area contributed by atoms with Crippen molar-refractivity contribution in [3.63, 3.8) is 0 Å². The van der Waals surface area contributed by atoms with Crippen LogP contribution in [0.15, 0.2) is 35.2 Å². The number of rotatable bonds is 5. The van der Waals surface area contributed by atoms with Crippen LogP contribution < -0.4 is 10.5 Å². The predicted octanol–water partition coefficient (Wildman–Crippen LogP) is 0.323. The molecule has 0 aliphatic rings. The van der Waals surface area contributed by atoms with Crippen molar-refractivity contribution >= 4 is 15.8 Å². The van der Waals surface area contributed by atoms with E-state index in [0.717, 1.165) is 0 Å². The fraction of sp³-hybridized carbons (Fsp3) is 0.308. The van der Waals surface area contributed by atoms with Crippen LogP contribution in [0.2, 0.25) is 0 Å². The first-order valence-corrected chi connectivity index (χ1v) is 7.83. The van der Waals surface area contributed by atoms with Gasteiger partial charge in [-0.05, 0) is 12.5 Å². The number of benzene rings is 1. The molecule has 4 N–H and O–H groups in total. The number of sulfonamides is 1. The van der Waals surface area contributed by atoms with Crippen molar-refractivity contribution in [1.29, 1.82) is 0 Å². The fourth-order valence-electron chi connectivity index (χ4n) is 2.00. The molecule has 7 nitrogen and oxygen atoms in total. The summed E-state index contributed by atoms with van der Waals surface area (Å²) in [5.41, 5.74) is 6.71. The monoisotopic (exact) mass is 310 g/mol. The van der Waals surface area contributed by atoms with E-state index in [1.165, 1.54) is 4.68 Å². The lowest BCUT2D eigenvalue weighted by molar-refractivity contribution is 0.182. The SMILES string of the molecule is Cc1c(S(=O)(=O)NCC(O)c2ccccc2)c(N)nn1C. The number of nitrogens with two attached hydrogens (primary N) is 1. The minimum Gasteiger partial charge on any atom is -0.387 e. The third-order valence-electron chi connectivity index (χ3n) is 3.22. The van der Waals surface area contributed by atoms with Crippen molar-refractivity contribution in [1.82, 2.24) is 14.5 Å². The average molecular weight is 310 g/mol. The number of aromatic nitrogens is 2. The third-order valence-corrected chi connectivity index (χ3v) is 4.81. The minimum absolute atomic E-state index is 0.0507. The van der Waals surface area contributed by atoms with Crippen molar-refractivity contribution in [2.75, 3.05) is 12.3 Å². The van der Waals surface area contributed by atoms with Crippen molar-refractivity contribution in [2.24, 2.45) is 7.05 Å². The Hall–Kier alpha value is -1.90. The van der Waals surface area contributed by atoms with Gasteiger partial charge in [0.05, 0.1) is 11.8 Å². The Morgan fingerprint density at radius 1 is 1.38 bits per heavy atom. The first-order valence-electron chi connectivity index (χ1n) is 6.34. The van der Waals surface area contributed by atoms with Gasteiger partial charge in [0.1, 0.15) is 4.90 Å². The lowest BCUT2D eigenvalue weighted by atomic mass is 10.1. The van der Waals surface area contributed by atoms with Gasteiger partial charge >= 0.3 is 0 Å². The highest BCUT2D eigenvalue weighted by Gasteiger charge is 2.25. The highest BCUT2D eigenvalue weighted by atomic mass is 32.2. The molecule has 0 saturated carbocycles.